The molecule has 22 heavy (non-hydrogen) atoms. The maximum atomic E-state index is 10.9. The summed E-state index contributed by atoms with van der Waals surface area (Å²) < 4.78 is 0. The summed E-state index contributed by atoms with van der Waals surface area (Å²) in [7, 11) is 0. The fraction of sp³-hybridized carbons (Fsp3) is 0.222. The van der Waals surface area contributed by atoms with Gasteiger partial charge in [-0.05, 0) is 36.6 Å². The lowest BCUT2D eigenvalue weighted by atomic mass is 10.1. The summed E-state index contributed by atoms with van der Waals surface area (Å²) in [6.45, 7) is 4.04. The summed E-state index contributed by atoms with van der Waals surface area (Å²) in [4.78, 5) is 21.8. The zero-order valence-electron chi connectivity index (χ0n) is 12.7. The van der Waals surface area contributed by atoms with Crippen molar-refractivity contribution in [1.82, 2.24) is 0 Å². The molecule has 4 heteroatoms. The number of aryl methyl sites for hydroxylation is 2. The zero-order valence-corrected chi connectivity index (χ0v) is 12.7. The molecule has 2 aromatic carbocycles. The number of hydrogen-bond donors (Lipinski definition) is 2. The first-order chi connectivity index (χ1) is 10.5. The number of hydrogen-bond acceptors (Lipinski definition) is 2. The van der Waals surface area contributed by atoms with Gasteiger partial charge in [-0.2, -0.15) is 0 Å². The summed E-state index contributed by atoms with van der Waals surface area (Å²) in [6.07, 6.45) is 1.08. The first-order valence-corrected chi connectivity index (χ1v) is 7.30. The number of rotatable bonds is 0. The molecule has 2 aromatic rings. The van der Waals surface area contributed by atoms with E-state index in [1.54, 1.807) is 0 Å². The monoisotopic (exact) mass is 294 g/mol. The second-order valence-electron chi connectivity index (χ2n) is 5.72. The minimum Gasteiger partial charge on any atom is -0.326 e. The Morgan fingerprint density at radius 3 is 2.36 bits per heavy atom. The van der Waals surface area contributed by atoms with E-state index in [-0.39, 0.29) is 11.8 Å². The molecule has 4 nitrogen and oxygen atoms in total. The number of carbonyl (C=O) groups is 2. The third-order valence-electron chi connectivity index (χ3n) is 3.86. The third kappa shape index (κ3) is 2.86. The Bertz CT molecular complexity index is 766. The minimum absolute atomic E-state index is 0.102. The first kappa shape index (κ1) is 14.3. The minimum atomic E-state index is 0.102. The maximum Gasteiger partial charge on any atom is 0.228 e. The molecule has 2 amide bonds. The SMILES string of the molecule is Cc1ccc2c(c1)CC(=O)N2.Cc1cccc2c1NC(=O)C2. The van der Waals surface area contributed by atoms with Crippen molar-refractivity contribution < 1.29 is 9.59 Å². The number of nitrogens with one attached hydrogen (secondary N) is 2. The quantitative estimate of drug-likeness (QED) is 0.785. The normalized spacial score (nSPS) is 14.5. The first-order valence-electron chi connectivity index (χ1n) is 7.30. The molecular formula is C18H18N2O2. The molecule has 0 fully saturated rings. The highest BCUT2D eigenvalue weighted by Gasteiger charge is 2.18. The molecule has 2 N–H and O–H groups in total. The van der Waals surface area contributed by atoms with E-state index in [0.717, 1.165) is 28.1 Å². The van der Waals surface area contributed by atoms with Gasteiger partial charge in [-0.25, -0.2) is 0 Å². The van der Waals surface area contributed by atoms with E-state index in [0.29, 0.717) is 12.8 Å². The van der Waals surface area contributed by atoms with E-state index in [2.05, 4.69) is 10.6 Å². The summed E-state index contributed by atoms with van der Waals surface area (Å²) in [5.41, 5.74) is 6.58. The number of carbonyl (C=O) groups excluding carboxylic acids is 2. The van der Waals surface area contributed by atoms with Gasteiger partial charge in [-0.15, -0.1) is 0 Å². The van der Waals surface area contributed by atoms with Crippen LogP contribution >= 0.6 is 0 Å². The van der Waals surface area contributed by atoms with Crippen LogP contribution in [0.15, 0.2) is 36.4 Å². The van der Waals surface area contributed by atoms with E-state index in [4.69, 9.17) is 0 Å². The smallest absolute Gasteiger partial charge is 0.228 e. The number of benzene rings is 2. The van der Waals surface area contributed by atoms with Crippen LogP contribution in [0.3, 0.4) is 0 Å². The lowest BCUT2D eigenvalue weighted by molar-refractivity contribution is -0.115. The van der Waals surface area contributed by atoms with Gasteiger partial charge >= 0.3 is 0 Å². The largest absolute Gasteiger partial charge is 0.326 e. The van der Waals surface area contributed by atoms with Gasteiger partial charge in [0.1, 0.15) is 0 Å². The van der Waals surface area contributed by atoms with Crippen molar-refractivity contribution in [2.24, 2.45) is 0 Å². The molecule has 0 saturated carbocycles. The average Bonchev–Trinajstić information content (AvgIpc) is 3.01. The van der Waals surface area contributed by atoms with E-state index in [9.17, 15) is 9.59 Å². The van der Waals surface area contributed by atoms with Crippen LogP contribution in [0, 0.1) is 13.8 Å². The molecule has 0 bridgehead atoms. The van der Waals surface area contributed by atoms with Gasteiger partial charge in [0.05, 0.1) is 12.8 Å². The van der Waals surface area contributed by atoms with Gasteiger partial charge in [-0.1, -0.05) is 35.9 Å². The Hall–Kier alpha value is -2.62. The average molecular weight is 294 g/mol. The highest BCUT2D eigenvalue weighted by Crippen LogP contribution is 2.25. The zero-order chi connectivity index (χ0) is 15.7. The van der Waals surface area contributed by atoms with Gasteiger partial charge in [0.2, 0.25) is 11.8 Å². The van der Waals surface area contributed by atoms with Gasteiger partial charge in [0, 0.05) is 11.4 Å². The van der Waals surface area contributed by atoms with Crippen LogP contribution in [0.25, 0.3) is 0 Å². The van der Waals surface area contributed by atoms with Crippen LogP contribution in [0.4, 0.5) is 11.4 Å². The number of amides is 2. The molecule has 0 unspecified atom stereocenters. The number of anilines is 2. The Morgan fingerprint density at radius 2 is 1.59 bits per heavy atom. The van der Waals surface area contributed by atoms with Gasteiger partial charge < -0.3 is 10.6 Å². The van der Waals surface area contributed by atoms with Crippen LogP contribution in [0.2, 0.25) is 0 Å². The Labute approximate surface area is 129 Å². The van der Waals surface area contributed by atoms with Crippen LogP contribution in [-0.2, 0) is 22.4 Å². The molecule has 0 spiro atoms. The van der Waals surface area contributed by atoms with Crippen LogP contribution in [0.5, 0.6) is 0 Å². The lowest BCUT2D eigenvalue weighted by Crippen LogP contribution is -2.04. The Kier molecular flexibility index (Phi) is 3.67. The van der Waals surface area contributed by atoms with Crippen LogP contribution < -0.4 is 10.6 Å². The predicted molar refractivity (Wildman–Crippen MR) is 87.0 cm³/mol. The van der Waals surface area contributed by atoms with Crippen molar-refractivity contribution in [2.75, 3.05) is 10.6 Å². The molecule has 0 saturated heterocycles. The van der Waals surface area contributed by atoms with E-state index in [1.807, 2.05) is 50.2 Å². The van der Waals surface area contributed by atoms with Gasteiger partial charge in [-0.3, -0.25) is 9.59 Å². The third-order valence-corrected chi connectivity index (χ3v) is 3.86. The van der Waals surface area contributed by atoms with Crippen molar-refractivity contribution >= 4 is 23.2 Å². The van der Waals surface area contributed by atoms with E-state index in [1.165, 1.54) is 5.56 Å². The highest BCUT2D eigenvalue weighted by molar-refractivity contribution is 6.00. The van der Waals surface area contributed by atoms with E-state index >= 15 is 0 Å². The van der Waals surface area contributed by atoms with Crippen molar-refractivity contribution in [2.45, 2.75) is 26.7 Å². The Morgan fingerprint density at radius 1 is 0.864 bits per heavy atom. The fourth-order valence-electron chi connectivity index (χ4n) is 2.77. The highest BCUT2D eigenvalue weighted by atomic mass is 16.2. The molecule has 2 aliphatic heterocycles. The second kappa shape index (κ2) is 5.64. The molecule has 2 aliphatic rings. The van der Waals surface area contributed by atoms with Crippen molar-refractivity contribution in [3.63, 3.8) is 0 Å². The topological polar surface area (TPSA) is 58.2 Å². The molecule has 0 atom stereocenters. The molecule has 4 rings (SSSR count). The fourth-order valence-corrected chi connectivity index (χ4v) is 2.77. The van der Waals surface area contributed by atoms with Crippen LogP contribution in [0.1, 0.15) is 22.3 Å². The molecule has 112 valence electrons. The molecule has 0 aromatic heterocycles. The molecule has 0 radical (unpaired) electrons. The van der Waals surface area contributed by atoms with Crippen molar-refractivity contribution in [3.8, 4) is 0 Å². The summed E-state index contributed by atoms with van der Waals surface area (Å²) in [5, 5.41) is 5.61. The van der Waals surface area contributed by atoms with Gasteiger partial charge in [0.15, 0.2) is 0 Å². The summed E-state index contributed by atoms with van der Waals surface area (Å²) in [5.74, 6) is 0.208. The van der Waals surface area contributed by atoms with Crippen molar-refractivity contribution in [3.05, 3.63) is 58.7 Å². The Balaban J connectivity index is 0.000000131. The maximum absolute atomic E-state index is 10.9. The number of para-hydroxylation sites is 1. The summed E-state index contributed by atoms with van der Waals surface area (Å²) in [6, 6.07) is 12.0. The van der Waals surface area contributed by atoms with Crippen molar-refractivity contribution in [1.29, 1.82) is 0 Å². The second-order valence-corrected chi connectivity index (χ2v) is 5.72. The lowest BCUT2D eigenvalue weighted by Gasteiger charge is -2.00. The molecular weight excluding hydrogens is 276 g/mol. The summed E-state index contributed by atoms with van der Waals surface area (Å²) >= 11 is 0. The molecule has 0 aliphatic carbocycles. The standard InChI is InChI=1S/2C9H9NO/c1-6-2-3-8-7(4-6)5-9(11)10-8;1-6-3-2-4-7-5-8(11)10-9(6)7/h2*2-4H,5H2,1H3,(H,10,11). The molecule has 2 heterocycles. The van der Waals surface area contributed by atoms with Crippen LogP contribution in [-0.4, -0.2) is 11.8 Å². The van der Waals surface area contributed by atoms with Gasteiger partial charge in [0.25, 0.3) is 0 Å². The van der Waals surface area contributed by atoms with E-state index < -0.39 is 0 Å². The predicted octanol–water partition coefficient (Wildman–Crippen LogP) is 2.98. The number of fused-ring (bicyclic) bond motifs is 2.